The van der Waals surface area contributed by atoms with Crippen molar-refractivity contribution in [2.24, 2.45) is 0 Å². The topological polar surface area (TPSA) is 59.8 Å². The third-order valence-electron chi connectivity index (χ3n) is 4.32. The monoisotopic (exact) mass is 376 g/mol. The van der Waals surface area contributed by atoms with Gasteiger partial charge < -0.3 is 5.32 Å². The Labute approximate surface area is 161 Å². The van der Waals surface area contributed by atoms with Gasteiger partial charge in [-0.3, -0.25) is 4.79 Å². The van der Waals surface area contributed by atoms with Crippen LogP contribution in [0.1, 0.15) is 22.8 Å². The Kier molecular flexibility index (Phi) is 4.60. The SMILES string of the molecule is CCc1ccc(-n2nc3ccc(NC(=O)c4ccc(Cl)cc4)cc3n2)cc1. The number of carbonyl (C=O) groups is 1. The number of hydrogen-bond donors (Lipinski definition) is 1. The zero-order valence-corrected chi connectivity index (χ0v) is 15.4. The number of aromatic nitrogens is 3. The van der Waals surface area contributed by atoms with E-state index < -0.39 is 0 Å². The first-order chi connectivity index (χ1) is 13.1. The molecule has 3 aromatic carbocycles. The van der Waals surface area contributed by atoms with Crippen LogP contribution in [0.4, 0.5) is 5.69 Å². The lowest BCUT2D eigenvalue weighted by atomic mass is 10.2. The molecule has 6 heteroatoms. The number of aryl methyl sites for hydroxylation is 1. The minimum atomic E-state index is -0.200. The highest BCUT2D eigenvalue weighted by atomic mass is 35.5. The summed E-state index contributed by atoms with van der Waals surface area (Å²) in [4.78, 5) is 14.0. The fourth-order valence-electron chi connectivity index (χ4n) is 2.78. The van der Waals surface area contributed by atoms with Gasteiger partial charge in [0.2, 0.25) is 0 Å². The minimum Gasteiger partial charge on any atom is -0.322 e. The summed E-state index contributed by atoms with van der Waals surface area (Å²) in [6.07, 6.45) is 0.992. The first-order valence-electron chi connectivity index (χ1n) is 8.66. The highest BCUT2D eigenvalue weighted by Gasteiger charge is 2.09. The molecule has 0 saturated carbocycles. The Hall–Kier alpha value is -3.18. The number of anilines is 1. The van der Waals surface area contributed by atoms with Gasteiger partial charge in [-0.1, -0.05) is 30.7 Å². The maximum absolute atomic E-state index is 12.4. The number of rotatable bonds is 4. The average molecular weight is 377 g/mol. The molecule has 1 N–H and O–H groups in total. The highest BCUT2D eigenvalue weighted by molar-refractivity contribution is 6.30. The molecule has 0 radical (unpaired) electrons. The zero-order valence-electron chi connectivity index (χ0n) is 14.7. The summed E-state index contributed by atoms with van der Waals surface area (Å²) in [6, 6.07) is 20.4. The number of fused-ring (bicyclic) bond motifs is 1. The minimum absolute atomic E-state index is 0.200. The van der Waals surface area contributed by atoms with Crippen molar-refractivity contribution in [2.75, 3.05) is 5.32 Å². The van der Waals surface area contributed by atoms with Gasteiger partial charge in [-0.15, -0.1) is 10.2 Å². The predicted molar refractivity (Wildman–Crippen MR) is 108 cm³/mol. The third kappa shape index (κ3) is 3.68. The van der Waals surface area contributed by atoms with Crippen LogP contribution in [0.5, 0.6) is 0 Å². The number of halogens is 1. The first kappa shape index (κ1) is 17.2. The second kappa shape index (κ2) is 7.21. The predicted octanol–water partition coefficient (Wildman–Crippen LogP) is 4.89. The van der Waals surface area contributed by atoms with Crippen LogP contribution in [0.25, 0.3) is 16.7 Å². The van der Waals surface area contributed by atoms with Crippen molar-refractivity contribution >= 4 is 34.2 Å². The maximum atomic E-state index is 12.4. The van der Waals surface area contributed by atoms with E-state index in [0.29, 0.717) is 21.8 Å². The van der Waals surface area contributed by atoms with Crippen molar-refractivity contribution in [3.8, 4) is 5.69 Å². The molecule has 1 heterocycles. The molecule has 4 aromatic rings. The van der Waals surface area contributed by atoms with E-state index in [2.05, 4.69) is 34.6 Å². The average Bonchev–Trinajstić information content (AvgIpc) is 3.12. The summed E-state index contributed by atoms with van der Waals surface area (Å²) >= 11 is 5.86. The van der Waals surface area contributed by atoms with E-state index in [1.807, 2.05) is 30.3 Å². The maximum Gasteiger partial charge on any atom is 0.255 e. The van der Waals surface area contributed by atoms with Gasteiger partial charge >= 0.3 is 0 Å². The van der Waals surface area contributed by atoms with Crippen molar-refractivity contribution in [1.82, 2.24) is 15.0 Å². The van der Waals surface area contributed by atoms with Crippen LogP contribution in [0.15, 0.2) is 66.7 Å². The fourth-order valence-corrected chi connectivity index (χ4v) is 2.90. The molecule has 0 fully saturated rings. The van der Waals surface area contributed by atoms with Crippen molar-refractivity contribution < 1.29 is 4.79 Å². The summed E-state index contributed by atoms with van der Waals surface area (Å²) in [7, 11) is 0. The van der Waals surface area contributed by atoms with Crippen LogP contribution >= 0.6 is 11.6 Å². The van der Waals surface area contributed by atoms with E-state index in [9.17, 15) is 4.79 Å². The number of hydrogen-bond acceptors (Lipinski definition) is 3. The van der Waals surface area contributed by atoms with Crippen molar-refractivity contribution in [3.63, 3.8) is 0 Å². The molecule has 0 atom stereocenters. The number of benzene rings is 3. The Balaban J connectivity index is 1.58. The Morgan fingerprint density at radius 3 is 2.37 bits per heavy atom. The molecule has 4 rings (SSSR count). The van der Waals surface area contributed by atoms with Crippen LogP contribution in [0.2, 0.25) is 5.02 Å². The normalized spacial score (nSPS) is 10.9. The molecule has 1 aromatic heterocycles. The molecular weight excluding hydrogens is 360 g/mol. The molecule has 0 aliphatic rings. The second-order valence-corrected chi connectivity index (χ2v) is 6.61. The lowest BCUT2D eigenvalue weighted by Gasteiger charge is -2.04. The fraction of sp³-hybridized carbons (Fsp3) is 0.0952. The van der Waals surface area contributed by atoms with Crippen molar-refractivity contribution in [2.45, 2.75) is 13.3 Å². The Bertz CT molecular complexity index is 1100. The van der Waals surface area contributed by atoms with E-state index in [0.717, 1.165) is 17.6 Å². The van der Waals surface area contributed by atoms with Gasteiger partial charge in [0.1, 0.15) is 11.0 Å². The van der Waals surface area contributed by atoms with Crippen molar-refractivity contribution in [1.29, 1.82) is 0 Å². The molecule has 0 aliphatic carbocycles. The van der Waals surface area contributed by atoms with Gasteiger partial charge in [0.05, 0.1) is 5.69 Å². The Morgan fingerprint density at radius 2 is 1.67 bits per heavy atom. The summed E-state index contributed by atoms with van der Waals surface area (Å²) in [5, 5.41) is 12.5. The third-order valence-corrected chi connectivity index (χ3v) is 4.57. The summed E-state index contributed by atoms with van der Waals surface area (Å²) < 4.78 is 0. The molecule has 27 heavy (non-hydrogen) atoms. The van der Waals surface area contributed by atoms with Crippen LogP contribution in [0, 0.1) is 0 Å². The van der Waals surface area contributed by atoms with Gasteiger partial charge in [-0.25, -0.2) is 0 Å². The molecule has 5 nitrogen and oxygen atoms in total. The quantitative estimate of drug-likeness (QED) is 0.551. The van der Waals surface area contributed by atoms with Gasteiger partial charge in [-0.05, 0) is 66.6 Å². The number of carbonyl (C=O) groups excluding carboxylic acids is 1. The van der Waals surface area contributed by atoms with Gasteiger partial charge in [-0.2, -0.15) is 4.80 Å². The van der Waals surface area contributed by atoms with Gasteiger partial charge in [0, 0.05) is 16.3 Å². The summed E-state index contributed by atoms with van der Waals surface area (Å²) in [5.41, 5.74) is 4.84. The number of nitrogens with zero attached hydrogens (tertiary/aromatic N) is 3. The van der Waals surface area contributed by atoms with Gasteiger partial charge in [0.15, 0.2) is 0 Å². The zero-order chi connectivity index (χ0) is 18.8. The van der Waals surface area contributed by atoms with Crippen LogP contribution < -0.4 is 5.32 Å². The number of amides is 1. The summed E-state index contributed by atoms with van der Waals surface area (Å²) in [6.45, 7) is 2.12. The second-order valence-electron chi connectivity index (χ2n) is 6.17. The molecule has 0 bridgehead atoms. The van der Waals surface area contributed by atoms with Crippen LogP contribution in [-0.4, -0.2) is 20.9 Å². The van der Waals surface area contributed by atoms with E-state index in [-0.39, 0.29) is 5.91 Å². The Morgan fingerprint density at radius 1 is 0.963 bits per heavy atom. The standard InChI is InChI=1S/C21H17ClN4O/c1-2-14-3-10-18(11-4-14)26-24-19-12-9-17(13-20(19)25-26)23-21(27)15-5-7-16(22)8-6-15/h3-13H,2H2,1H3,(H,23,27). The van der Waals surface area contributed by atoms with Crippen LogP contribution in [-0.2, 0) is 6.42 Å². The molecule has 0 aliphatic heterocycles. The van der Waals surface area contributed by atoms with E-state index in [1.54, 1.807) is 29.1 Å². The highest BCUT2D eigenvalue weighted by Crippen LogP contribution is 2.19. The largest absolute Gasteiger partial charge is 0.322 e. The molecule has 0 unspecified atom stereocenters. The molecular formula is C21H17ClN4O. The first-order valence-corrected chi connectivity index (χ1v) is 9.03. The lowest BCUT2D eigenvalue weighted by molar-refractivity contribution is 0.102. The molecule has 0 saturated heterocycles. The van der Waals surface area contributed by atoms with E-state index in [1.165, 1.54) is 5.56 Å². The lowest BCUT2D eigenvalue weighted by Crippen LogP contribution is -2.11. The number of nitrogens with one attached hydrogen (secondary N) is 1. The van der Waals surface area contributed by atoms with E-state index >= 15 is 0 Å². The molecule has 0 spiro atoms. The smallest absolute Gasteiger partial charge is 0.255 e. The van der Waals surface area contributed by atoms with Gasteiger partial charge in [0.25, 0.3) is 5.91 Å². The van der Waals surface area contributed by atoms with Crippen LogP contribution in [0.3, 0.4) is 0 Å². The van der Waals surface area contributed by atoms with E-state index in [4.69, 9.17) is 11.6 Å². The molecule has 1 amide bonds. The summed E-state index contributed by atoms with van der Waals surface area (Å²) in [5.74, 6) is -0.200. The van der Waals surface area contributed by atoms with Crippen molar-refractivity contribution in [3.05, 3.63) is 82.9 Å². The molecule has 134 valence electrons.